The van der Waals surface area contributed by atoms with Crippen molar-refractivity contribution in [1.82, 2.24) is 19.6 Å². The summed E-state index contributed by atoms with van der Waals surface area (Å²) in [5.74, 6) is -0.298. The summed E-state index contributed by atoms with van der Waals surface area (Å²) in [6, 6.07) is 14.2. The first kappa shape index (κ1) is 21.4. The van der Waals surface area contributed by atoms with Crippen LogP contribution < -0.4 is 4.74 Å². The number of piperazine rings is 1. The molecular weight excluding hydrogens is 417 g/mol. The number of carbonyl (C=O) groups is 1. The number of amides is 1. The van der Waals surface area contributed by atoms with E-state index in [1.807, 2.05) is 6.07 Å². The molecule has 1 aliphatic heterocycles. The number of nitro benzene ring substituents is 1. The van der Waals surface area contributed by atoms with Crippen molar-refractivity contribution in [3.05, 3.63) is 88.0 Å². The van der Waals surface area contributed by atoms with E-state index in [-0.39, 0.29) is 35.6 Å². The number of nitro groups is 1. The molecule has 0 aliphatic carbocycles. The highest BCUT2D eigenvalue weighted by Gasteiger charge is 2.24. The molecule has 32 heavy (non-hydrogen) atoms. The lowest BCUT2D eigenvalue weighted by atomic mass is 10.2. The van der Waals surface area contributed by atoms with Crippen LogP contribution in [0.1, 0.15) is 16.1 Å². The van der Waals surface area contributed by atoms with Crippen molar-refractivity contribution >= 4 is 11.6 Å². The molecule has 1 aromatic heterocycles. The van der Waals surface area contributed by atoms with E-state index >= 15 is 0 Å². The van der Waals surface area contributed by atoms with Gasteiger partial charge in [-0.3, -0.25) is 19.8 Å². The van der Waals surface area contributed by atoms with Crippen LogP contribution in [0.25, 0.3) is 0 Å². The normalized spacial score (nSPS) is 14.3. The molecule has 0 unspecified atom stereocenters. The van der Waals surface area contributed by atoms with Crippen molar-refractivity contribution in [2.75, 3.05) is 26.2 Å². The number of para-hydroxylation sites is 2. The Morgan fingerprint density at radius 2 is 1.88 bits per heavy atom. The molecule has 0 radical (unpaired) electrons. The van der Waals surface area contributed by atoms with Crippen molar-refractivity contribution < 1.29 is 18.8 Å². The topological polar surface area (TPSA) is 93.7 Å². The minimum atomic E-state index is -0.513. The number of hydrogen-bond donors (Lipinski definition) is 0. The van der Waals surface area contributed by atoms with E-state index in [1.165, 1.54) is 28.9 Å². The first-order valence-electron chi connectivity index (χ1n) is 10.2. The van der Waals surface area contributed by atoms with Gasteiger partial charge in [0.1, 0.15) is 5.82 Å². The summed E-state index contributed by atoms with van der Waals surface area (Å²) < 4.78 is 20.3. The predicted octanol–water partition coefficient (Wildman–Crippen LogP) is 2.92. The molecule has 3 aromatic rings. The van der Waals surface area contributed by atoms with E-state index in [1.54, 1.807) is 35.4 Å². The van der Waals surface area contributed by atoms with E-state index < -0.39 is 4.92 Å². The van der Waals surface area contributed by atoms with Crippen molar-refractivity contribution in [3.63, 3.8) is 0 Å². The van der Waals surface area contributed by atoms with Gasteiger partial charge in [-0.2, -0.15) is 5.10 Å². The van der Waals surface area contributed by atoms with Crippen molar-refractivity contribution in [2.24, 2.45) is 0 Å². The molecule has 0 spiro atoms. The molecule has 0 N–H and O–H groups in total. The molecule has 166 valence electrons. The van der Waals surface area contributed by atoms with Gasteiger partial charge in [-0.05, 0) is 29.8 Å². The lowest BCUT2D eigenvalue weighted by molar-refractivity contribution is -0.386. The van der Waals surface area contributed by atoms with Crippen molar-refractivity contribution in [3.8, 4) is 5.75 Å². The molecule has 2 aromatic carbocycles. The fraction of sp³-hybridized carbons (Fsp3) is 0.273. The van der Waals surface area contributed by atoms with Gasteiger partial charge < -0.3 is 9.64 Å². The molecule has 2 heterocycles. The van der Waals surface area contributed by atoms with Gasteiger partial charge in [0, 0.05) is 45.0 Å². The summed E-state index contributed by atoms with van der Waals surface area (Å²) in [5.41, 5.74) is 1.06. The van der Waals surface area contributed by atoms with E-state index in [2.05, 4.69) is 10.00 Å². The molecule has 1 fully saturated rings. The third-order valence-corrected chi connectivity index (χ3v) is 5.23. The van der Waals surface area contributed by atoms with Gasteiger partial charge in [-0.15, -0.1) is 0 Å². The average Bonchev–Trinajstić information content (AvgIpc) is 3.27. The second kappa shape index (κ2) is 9.56. The average molecular weight is 439 g/mol. The van der Waals surface area contributed by atoms with Crippen LogP contribution in [0.3, 0.4) is 0 Å². The maximum atomic E-state index is 13.4. The number of halogens is 1. The second-order valence-corrected chi connectivity index (χ2v) is 7.44. The first-order valence-corrected chi connectivity index (χ1v) is 10.2. The predicted molar refractivity (Wildman–Crippen MR) is 114 cm³/mol. The second-order valence-electron chi connectivity index (χ2n) is 7.44. The lowest BCUT2D eigenvalue weighted by Gasteiger charge is -2.34. The monoisotopic (exact) mass is 439 g/mol. The zero-order valence-electron chi connectivity index (χ0n) is 17.3. The molecule has 1 aliphatic rings. The minimum Gasteiger partial charge on any atom is -0.464 e. The number of carbonyl (C=O) groups excluding carboxylic acids is 1. The van der Waals surface area contributed by atoms with Gasteiger partial charge in [-0.1, -0.05) is 24.3 Å². The molecule has 0 atom stereocenters. The molecule has 1 amide bonds. The fourth-order valence-corrected chi connectivity index (χ4v) is 3.58. The van der Waals surface area contributed by atoms with Gasteiger partial charge in [0.15, 0.2) is 18.2 Å². The molecule has 1 saturated heterocycles. The van der Waals surface area contributed by atoms with Gasteiger partial charge in [0.2, 0.25) is 0 Å². The Labute approximate surface area is 183 Å². The summed E-state index contributed by atoms with van der Waals surface area (Å²) in [6.45, 7) is 3.05. The number of aromatic nitrogens is 2. The van der Waals surface area contributed by atoms with Crippen LogP contribution in [0, 0.1) is 15.9 Å². The largest absolute Gasteiger partial charge is 0.464 e. The zero-order chi connectivity index (χ0) is 22.5. The quantitative estimate of drug-likeness (QED) is 0.415. The third-order valence-electron chi connectivity index (χ3n) is 5.23. The maximum Gasteiger partial charge on any atom is 0.311 e. The molecular formula is C22H22FN5O4. The molecule has 0 bridgehead atoms. The lowest BCUT2D eigenvalue weighted by Crippen LogP contribution is -2.48. The Morgan fingerprint density at radius 3 is 2.62 bits per heavy atom. The van der Waals surface area contributed by atoms with Crippen LogP contribution in [-0.4, -0.2) is 56.6 Å². The standard InChI is InChI=1S/C22H22FN5O4/c23-18-5-3-4-17(14-18)15-25-10-12-26(13-11-25)22(29)19-8-9-27(24-19)16-32-21-7-2-1-6-20(21)28(30)31/h1-9,14H,10-13,15-16H2. The fourth-order valence-electron chi connectivity index (χ4n) is 3.58. The SMILES string of the molecule is O=C(c1ccn(COc2ccccc2[N+](=O)[O-])n1)N1CCN(Cc2cccc(F)c2)CC1. The van der Waals surface area contributed by atoms with Crippen molar-refractivity contribution in [2.45, 2.75) is 13.3 Å². The van der Waals surface area contributed by atoms with Crippen LogP contribution in [-0.2, 0) is 13.3 Å². The van der Waals surface area contributed by atoms with Gasteiger partial charge in [0.25, 0.3) is 5.91 Å². The Hall–Kier alpha value is -3.79. The smallest absolute Gasteiger partial charge is 0.311 e. The Balaban J connectivity index is 1.30. The summed E-state index contributed by atoms with van der Waals surface area (Å²) in [7, 11) is 0. The highest BCUT2D eigenvalue weighted by atomic mass is 19.1. The van der Waals surface area contributed by atoms with Crippen LogP contribution in [0.2, 0.25) is 0 Å². The number of ether oxygens (including phenoxy) is 1. The van der Waals surface area contributed by atoms with Crippen LogP contribution in [0.5, 0.6) is 5.75 Å². The first-order chi connectivity index (χ1) is 15.5. The van der Waals surface area contributed by atoms with Crippen LogP contribution in [0.4, 0.5) is 10.1 Å². The third kappa shape index (κ3) is 5.09. The van der Waals surface area contributed by atoms with E-state index in [4.69, 9.17) is 4.74 Å². The highest BCUT2D eigenvalue weighted by Crippen LogP contribution is 2.26. The minimum absolute atomic E-state index is 0.0560. The Bertz CT molecular complexity index is 1110. The van der Waals surface area contributed by atoms with Gasteiger partial charge >= 0.3 is 5.69 Å². The number of hydrogen-bond acceptors (Lipinski definition) is 6. The van der Waals surface area contributed by atoms with E-state index in [0.29, 0.717) is 32.7 Å². The summed E-state index contributed by atoms with van der Waals surface area (Å²) in [4.78, 5) is 27.3. The Morgan fingerprint density at radius 1 is 1.09 bits per heavy atom. The highest BCUT2D eigenvalue weighted by molar-refractivity contribution is 5.92. The van der Waals surface area contributed by atoms with Crippen LogP contribution >= 0.6 is 0 Å². The maximum absolute atomic E-state index is 13.4. The molecule has 9 nitrogen and oxygen atoms in total. The summed E-state index contributed by atoms with van der Waals surface area (Å²) >= 11 is 0. The van der Waals surface area contributed by atoms with Crippen molar-refractivity contribution in [1.29, 1.82) is 0 Å². The summed E-state index contributed by atoms with van der Waals surface area (Å²) in [6.07, 6.45) is 1.60. The van der Waals surface area contributed by atoms with Gasteiger partial charge in [0.05, 0.1) is 4.92 Å². The molecule has 10 heteroatoms. The molecule has 0 saturated carbocycles. The Kier molecular flexibility index (Phi) is 6.41. The van der Waals surface area contributed by atoms with E-state index in [0.717, 1.165) is 5.56 Å². The van der Waals surface area contributed by atoms with Crippen LogP contribution in [0.15, 0.2) is 60.8 Å². The summed E-state index contributed by atoms with van der Waals surface area (Å²) in [5, 5.41) is 15.3. The van der Waals surface area contributed by atoms with Gasteiger partial charge in [-0.25, -0.2) is 9.07 Å². The number of benzene rings is 2. The van der Waals surface area contributed by atoms with E-state index in [9.17, 15) is 19.3 Å². The zero-order valence-corrected chi connectivity index (χ0v) is 17.3. The number of rotatable bonds is 7. The number of nitrogens with zero attached hydrogens (tertiary/aromatic N) is 5. The molecule has 4 rings (SSSR count).